The number of rotatable bonds is 2. The topological polar surface area (TPSA) is 34.1 Å². The van der Waals surface area contributed by atoms with Gasteiger partial charge in [-0.15, -0.1) is 0 Å². The molecule has 0 unspecified atom stereocenters. The summed E-state index contributed by atoms with van der Waals surface area (Å²) in [6.45, 7) is 5.09. The van der Waals surface area contributed by atoms with Gasteiger partial charge in [0.05, 0.1) is 0 Å². The molecular formula is C17H18O2. The molecular weight excluding hydrogens is 236 g/mol. The minimum absolute atomic E-state index is 0.121. The summed E-state index contributed by atoms with van der Waals surface area (Å²) in [4.78, 5) is 21.5. The largest absolute Gasteiger partial charge is 0.295 e. The highest BCUT2D eigenvalue weighted by Gasteiger charge is 1.99. The number of benzene rings is 2. The van der Waals surface area contributed by atoms with E-state index in [1.165, 1.54) is 0 Å². The quantitative estimate of drug-likeness (QED) is 0.756. The molecule has 2 nitrogen and oxygen atoms in total. The summed E-state index contributed by atoms with van der Waals surface area (Å²) in [7, 11) is 0. The molecule has 98 valence electrons. The number of Topliss-reactive ketones (excluding diaryl/α,β-unsaturated/α-hetero) is 2. The fraction of sp³-hybridized carbons (Fsp3) is 0.176. The van der Waals surface area contributed by atoms with Gasteiger partial charge in [-0.3, -0.25) is 9.59 Å². The summed E-state index contributed by atoms with van der Waals surface area (Å²) >= 11 is 0. The average Bonchev–Trinajstić information content (AvgIpc) is 2.40. The molecule has 0 atom stereocenters. The van der Waals surface area contributed by atoms with Crippen molar-refractivity contribution in [3.63, 3.8) is 0 Å². The van der Waals surface area contributed by atoms with Crippen LogP contribution in [0.1, 0.15) is 40.1 Å². The highest BCUT2D eigenvalue weighted by molar-refractivity contribution is 5.95. The van der Waals surface area contributed by atoms with E-state index in [1.807, 2.05) is 61.5 Å². The molecule has 0 saturated heterocycles. The summed E-state index contributed by atoms with van der Waals surface area (Å²) in [5, 5.41) is 0. The van der Waals surface area contributed by atoms with Gasteiger partial charge in [0.1, 0.15) is 0 Å². The van der Waals surface area contributed by atoms with E-state index in [0.29, 0.717) is 0 Å². The van der Waals surface area contributed by atoms with Crippen molar-refractivity contribution in [1.29, 1.82) is 0 Å². The van der Waals surface area contributed by atoms with Crippen molar-refractivity contribution in [2.45, 2.75) is 20.8 Å². The molecule has 0 bridgehead atoms. The molecule has 0 radical (unpaired) electrons. The molecule has 0 aliphatic heterocycles. The van der Waals surface area contributed by atoms with Crippen LogP contribution >= 0.6 is 0 Å². The zero-order valence-electron chi connectivity index (χ0n) is 11.5. The zero-order valence-corrected chi connectivity index (χ0v) is 11.5. The van der Waals surface area contributed by atoms with E-state index in [-0.39, 0.29) is 11.6 Å². The Bertz CT molecular complexity index is 556. The van der Waals surface area contributed by atoms with E-state index in [2.05, 4.69) is 0 Å². The maximum atomic E-state index is 10.9. The maximum Gasteiger partial charge on any atom is 0.160 e. The Morgan fingerprint density at radius 2 is 1.26 bits per heavy atom. The van der Waals surface area contributed by atoms with Crippen LogP contribution in [0.5, 0.6) is 0 Å². The van der Waals surface area contributed by atoms with Gasteiger partial charge in [0.15, 0.2) is 11.6 Å². The van der Waals surface area contributed by atoms with Crippen molar-refractivity contribution in [1.82, 2.24) is 0 Å². The van der Waals surface area contributed by atoms with Crippen molar-refractivity contribution in [3.05, 3.63) is 71.3 Å². The molecule has 0 fully saturated rings. The molecule has 0 spiro atoms. The van der Waals surface area contributed by atoms with Crippen molar-refractivity contribution in [3.8, 4) is 0 Å². The number of carbonyl (C=O) groups is 2. The van der Waals surface area contributed by atoms with Gasteiger partial charge in [-0.2, -0.15) is 0 Å². The minimum Gasteiger partial charge on any atom is -0.295 e. The average molecular weight is 254 g/mol. The number of ketones is 2. The van der Waals surface area contributed by atoms with Gasteiger partial charge in [0, 0.05) is 11.1 Å². The third kappa shape index (κ3) is 4.88. The summed E-state index contributed by atoms with van der Waals surface area (Å²) in [5.74, 6) is 0.258. The van der Waals surface area contributed by atoms with E-state index in [1.54, 1.807) is 13.8 Å². The second kappa shape index (κ2) is 7.27. The van der Waals surface area contributed by atoms with Crippen LogP contribution in [0, 0.1) is 6.92 Å². The van der Waals surface area contributed by atoms with Crippen LogP contribution in [0.3, 0.4) is 0 Å². The molecule has 0 N–H and O–H groups in total. The number of hydrogen-bond acceptors (Lipinski definition) is 2. The van der Waals surface area contributed by atoms with Gasteiger partial charge in [0.2, 0.25) is 0 Å². The third-order valence-corrected chi connectivity index (χ3v) is 2.70. The maximum absolute atomic E-state index is 10.9. The standard InChI is InChI=1S/C9H10O.C8H8O/c1-7-5-3-4-6-9(7)8(2)10;1-7(9)8-5-3-2-4-6-8/h3-6H,1-2H3;2-6H,1H3. The van der Waals surface area contributed by atoms with Gasteiger partial charge in [-0.25, -0.2) is 0 Å². The van der Waals surface area contributed by atoms with Crippen LogP contribution in [-0.2, 0) is 0 Å². The summed E-state index contributed by atoms with van der Waals surface area (Å²) in [5.41, 5.74) is 2.65. The van der Waals surface area contributed by atoms with Crippen molar-refractivity contribution in [2.24, 2.45) is 0 Å². The summed E-state index contributed by atoms with van der Waals surface area (Å²) in [6.07, 6.45) is 0. The third-order valence-electron chi connectivity index (χ3n) is 2.70. The second-order valence-electron chi connectivity index (χ2n) is 4.29. The monoisotopic (exact) mass is 254 g/mol. The molecule has 2 rings (SSSR count). The van der Waals surface area contributed by atoms with Crippen LogP contribution in [0.2, 0.25) is 0 Å². The molecule has 0 aromatic heterocycles. The normalized spacial score (nSPS) is 9.21. The fourth-order valence-corrected chi connectivity index (χ4v) is 1.64. The molecule has 0 amide bonds. The predicted molar refractivity (Wildman–Crippen MR) is 77.6 cm³/mol. The van der Waals surface area contributed by atoms with Gasteiger partial charge in [0.25, 0.3) is 0 Å². The lowest BCUT2D eigenvalue weighted by Gasteiger charge is -1.97. The molecule has 0 heterocycles. The minimum atomic E-state index is 0.121. The lowest BCUT2D eigenvalue weighted by molar-refractivity contribution is 0.100. The zero-order chi connectivity index (χ0) is 14.3. The Hall–Kier alpha value is -2.22. The van der Waals surface area contributed by atoms with E-state index in [0.717, 1.165) is 16.7 Å². The predicted octanol–water partition coefficient (Wildman–Crippen LogP) is 4.09. The lowest BCUT2D eigenvalue weighted by atomic mass is 10.1. The van der Waals surface area contributed by atoms with Gasteiger partial charge >= 0.3 is 0 Å². The Morgan fingerprint density at radius 1 is 0.737 bits per heavy atom. The Balaban J connectivity index is 0.000000191. The number of carbonyl (C=O) groups excluding carboxylic acids is 2. The SMILES string of the molecule is CC(=O)c1ccccc1.CC(=O)c1ccccc1C. The van der Waals surface area contributed by atoms with Crippen LogP contribution < -0.4 is 0 Å². The molecule has 0 aliphatic carbocycles. The van der Waals surface area contributed by atoms with Crippen LogP contribution in [0.25, 0.3) is 0 Å². The first-order chi connectivity index (χ1) is 9.02. The van der Waals surface area contributed by atoms with Crippen LogP contribution in [0.15, 0.2) is 54.6 Å². The number of aryl methyl sites for hydroxylation is 1. The Morgan fingerprint density at radius 3 is 1.63 bits per heavy atom. The molecule has 2 aromatic carbocycles. The lowest BCUT2D eigenvalue weighted by Crippen LogP contribution is -1.93. The van der Waals surface area contributed by atoms with E-state index < -0.39 is 0 Å². The first-order valence-electron chi connectivity index (χ1n) is 6.15. The van der Waals surface area contributed by atoms with E-state index in [4.69, 9.17) is 0 Å². The summed E-state index contributed by atoms with van der Waals surface area (Å²) < 4.78 is 0. The molecule has 2 aromatic rings. The molecule has 19 heavy (non-hydrogen) atoms. The first kappa shape index (κ1) is 14.8. The number of hydrogen-bond donors (Lipinski definition) is 0. The van der Waals surface area contributed by atoms with Crippen molar-refractivity contribution < 1.29 is 9.59 Å². The van der Waals surface area contributed by atoms with Crippen LogP contribution in [0.4, 0.5) is 0 Å². The second-order valence-corrected chi connectivity index (χ2v) is 4.29. The Labute approximate surface area is 114 Å². The highest BCUT2D eigenvalue weighted by atomic mass is 16.1. The molecule has 0 saturated carbocycles. The van der Waals surface area contributed by atoms with Crippen LogP contribution in [-0.4, -0.2) is 11.6 Å². The van der Waals surface area contributed by atoms with Gasteiger partial charge < -0.3 is 0 Å². The van der Waals surface area contributed by atoms with Gasteiger partial charge in [-0.1, -0.05) is 54.6 Å². The highest BCUT2D eigenvalue weighted by Crippen LogP contribution is 2.06. The smallest absolute Gasteiger partial charge is 0.160 e. The van der Waals surface area contributed by atoms with Crippen molar-refractivity contribution in [2.75, 3.05) is 0 Å². The first-order valence-corrected chi connectivity index (χ1v) is 6.15. The van der Waals surface area contributed by atoms with E-state index in [9.17, 15) is 9.59 Å². The van der Waals surface area contributed by atoms with Gasteiger partial charge in [-0.05, 0) is 26.3 Å². The van der Waals surface area contributed by atoms with Crippen molar-refractivity contribution >= 4 is 11.6 Å². The Kier molecular flexibility index (Phi) is 5.68. The molecule has 2 heteroatoms. The molecule has 0 aliphatic rings. The summed E-state index contributed by atoms with van der Waals surface area (Å²) in [6, 6.07) is 16.8. The van der Waals surface area contributed by atoms with E-state index >= 15 is 0 Å². The fourth-order valence-electron chi connectivity index (χ4n) is 1.64.